The predicted octanol–water partition coefficient (Wildman–Crippen LogP) is 3.40. The van der Waals surface area contributed by atoms with Crippen molar-refractivity contribution in [2.45, 2.75) is 32.5 Å². The minimum Gasteiger partial charge on any atom is -0.386 e. The summed E-state index contributed by atoms with van der Waals surface area (Å²) in [6.45, 7) is 4.60. The summed E-state index contributed by atoms with van der Waals surface area (Å²) < 4.78 is 0. The van der Waals surface area contributed by atoms with Gasteiger partial charge in [0.1, 0.15) is 6.10 Å². The first-order chi connectivity index (χ1) is 10.6. The molecule has 0 aliphatic carbocycles. The second-order valence-electron chi connectivity index (χ2n) is 5.50. The van der Waals surface area contributed by atoms with Gasteiger partial charge in [-0.3, -0.25) is 0 Å². The van der Waals surface area contributed by atoms with Crippen molar-refractivity contribution in [2.24, 2.45) is 0 Å². The molecule has 1 atom stereocenters. The Morgan fingerprint density at radius 2 is 1.95 bits per heavy atom. The van der Waals surface area contributed by atoms with Crippen molar-refractivity contribution in [1.82, 2.24) is 10.2 Å². The number of carbonyl (C=O) groups excluding carboxylic acids is 1. The lowest BCUT2D eigenvalue weighted by Crippen LogP contribution is -2.44. The third kappa shape index (κ3) is 4.86. The van der Waals surface area contributed by atoms with Crippen LogP contribution in [0.2, 0.25) is 0 Å². The molecule has 0 saturated heterocycles. The molecule has 1 heterocycles. The Balaban J connectivity index is 2.08. The Labute approximate surface area is 135 Å². The van der Waals surface area contributed by atoms with Crippen molar-refractivity contribution in [3.8, 4) is 0 Å². The highest BCUT2D eigenvalue weighted by atomic mass is 32.1. The second-order valence-corrected chi connectivity index (χ2v) is 6.48. The van der Waals surface area contributed by atoms with Gasteiger partial charge >= 0.3 is 6.03 Å². The highest BCUT2D eigenvalue weighted by Gasteiger charge is 2.20. The molecule has 0 saturated carbocycles. The molecule has 22 heavy (non-hydrogen) atoms. The number of carbonyl (C=O) groups is 1. The van der Waals surface area contributed by atoms with Crippen LogP contribution in [0, 0.1) is 0 Å². The number of rotatable bonds is 6. The van der Waals surface area contributed by atoms with E-state index in [2.05, 4.69) is 5.32 Å². The number of thiophene rings is 1. The number of hydrogen-bond acceptors (Lipinski definition) is 3. The van der Waals surface area contributed by atoms with Gasteiger partial charge in [-0.25, -0.2) is 4.79 Å². The third-order valence-electron chi connectivity index (χ3n) is 3.18. The van der Waals surface area contributed by atoms with Crippen LogP contribution in [0.15, 0.2) is 47.8 Å². The summed E-state index contributed by atoms with van der Waals surface area (Å²) >= 11 is 1.50. The van der Waals surface area contributed by atoms with Gasteiger partial charge in [0.2, 0.25) is 0 Å². The lowest BCUT2D eigenvalue weighted by molar-refractivity contribution is 0.119. The molecule has 1 aromatic heterocycles. The predicted molar refractivity (Wildman–Crippen MR) is 89.8 cm³/mol. The van der Waals surface area contributed by atoms with Gasteiger partial charge in [-0.05, 0) is 30.9 Å². The summed E-state index contributed by atoms with van der Waals surface area (Å²) in [5.41, 5.74) is 1.04. The molecule has 2 aromatic rings. The zero-order valence-electron chi connectivity index (χ0n) is 12.9. The van der Waals surface area contributed by atoms with E-state index in [1.54, 1.807) is 4.90 Å². The number of benzene rings is 1. The van der Waals surface area contributed by atoms with E-state index >= 15 is 0 Å². The Bertz CT molecular complexity index is 570. The number of aliphatic hydroxyl groups is 1. The number of urea groups is 1. The summed E-state index contributed by atoms with van der Waals surface area (Å²) in [5, 5.41) is 15.1. The maximum atomic E-state index is 12.4. The molecule has 1 aromatic carbocycles. The number of nitrogens with one attached hydrogen (secondary N) is 1. The topological polar surface area (TPSA) is 52.6 Å². The quantitative estimate of drug-likeness (QED) is 0.857. The van der Waals surface area contributed by atoms with Crippen molar-refractivity contribution in [1.29, 1.82) is 0 Å². The van der Waals surface area contributed by atoms with Crippen LogP contribution in [-0.4, -0.2) is 28.6 Å². The maximum Gasteiger partial charge on any atom is 0.317 e. The number of nitrogens with zero attached hydrogens (tertiary/aromatic N) is 1. The molecule has 4 nitrogen and oxygen atoms in total. The van der Waals surface area contributed by atoms with Crippen LogP contribution < -0.4 is 5.32 Å². The zero-order chi connectivity index (χ0) is 15.9. The van der Waals surface area contributed by atoms with Gasteiger partial charge in [-0.2, -0.15) is 0 Å². The summed E-state index contributed by atoms with van der Waals surface area (Å²) in [6.07, 6.45) is -0.665. The molecular formula is C17H22N2O2S. The van der Waals surface area contributed by atoms with Gasteiger partial charge in [-0.1, -0.05) is 36.4 Å². The largest absolute Gasteiger partial charge is 0.386 e. The van der Waals surface area contributed by atoms with Crippen LogP contribution in [0.1, 0.15) is 30.4 Å². The smallest absolute Gasteiger partial charge is 0.317 e. The lowest BCUT2D eigenvalue weighted by atomic mass is 10.2. The molecular weight excluding hydrogens is 296 g/mol. The van der Waals surface area contributed by atoms with Crippen molar-refractivity contribution in [3.05, 3.63) is 58.3 Å². The normalized spacial score (nSPS) is 12.2. The van der Waals surface area contributed by atoms with Gasteiger partial charge in [0.15, 0.2) is 0 Å². The fourth-order valence-corrected chi connectivity index (χ4v) is 2.84. The highest BCUT2D eigenvalue weighted by Crippen LogP contribution is 2.20. The van der Waals surface area contributed by atoms with Crippen LogP contribution in [0.4, 0.5) is 4.79 Å². The summed E-state index contributed by atoms with van der Waals surface area (Å²) in [6, 6.07) is 13.5. The molecule has 0 spiro atoms. The summed E-state index contributed by atoms with van der Waals surface area (Å²) in [4.78, 5) is 14.9. The van der Waals surface area contributed by atoms with E-state index in [-0.39, 0.29) is 18.6 Å². The van der Waals surface area contributed by atoms with Crippen LogP contribution in [-0.2, 0) is 6.54 Å². The van der Waals surface area contributed by atoms with Gasteiger partial charge in [0, 0.05) is 17.5 Å². The average molecular weight is 318 g/mol. The van der Waals surface area contributed by atoms with Gasteiger partial charge in [0.25, 0.3) is 0 Å². The Kier molecular flexibility index (Phi) is 5.98. The summed E-state index contributed by atoms with van der Waals surface area (Å²) in [5.74, 6) is 0. The molecule has 2 rings (SSSR count). The Morgan fingerprint density at radius 3 is 2.55 bits per heavy atom. The molecule has 1 unspecified atom stereocenters. The van der Waals surface area contributed by atoms with E-state index in [4.69, 9.17) is 0 Å². The number of aliphatic hydroxyl groups excluding tert-OH is 1. The van der Waals surface area contributed by atoms with E-state index in [0.717, 1.165) is 10.4 Å². The van der Waals surface area contributed by atoms with Crippen LogP contribution in [0.3, 0.4) is 0 Å². The Morgan fingerprint density at radius 1 is 1.23 bits per heavy atom. The van der Waals surface area contributed by atoms with Gasteiger partial charge < -0.3 is 15.3 Å². The zero-order valence-corrected chi connectivity index (χ0v) is 13.7. The first kappa shape index (κ1) is 16.5. The molecule has 0 fully saturated rings. The van der Waals surface area contributed by atoms with Crippen molar-refractivity contribution >= 4 is 17.4 Å². The van der Waals surface area contributed by atoms with Crippen molar-refractivity contribution < 1.29 is 9.90 Å². The van der Waals surface area contributed by atoms with E-state index < -0.39 is 6.10 Å². The molecule has 0 bridgehead atoms. The lowest BCUT2D eigenvalue weighted by Gasteiger charge is -2.26. The minimum atomic E-state index is -0.665. The maximum absolute atomic E-state index is 12.4. The summed E-state index contributed by atoms with van der Waals surface area (Å²) in [7, 11) is 0. The standard InChI is InChI=1S/C17H22N2O2S/c1-13(2)18-17(21)19(11-14-7-4-3-5-8-14)12-15(20)16-9-6-10-22-16/h3-10,13,15,20H,11-12H2,1-2H3,(H,18,21). The fraction of sp³-hybridized carbons (Fsp3) is 0.353. The molecule has 2 amide bonds. The average Bonchev–Trinajstić information content (AvgIpc) is 3.01. The fourth-order valence-electron chi connectivity index (χ4n) is 2.14. The molecule has 0 aliphatic rings. The monoisotopic (exact) mass is 318 g/mol. The number of amides is 2. The van der Waals surface area contributed by atoms with Crippen LogP contribution in [0.5, 0.6) is 0 Å². The first-order valence-electron chi connectivity index (χ1n) is 7.37. The molecule has 0 radical (unpaired) electrons. The molecule has 5 heteroatoms. The first-order valence-corrected chi connectivity index (χ1v) is 8.25. The minimum absolute atomic E-state index is 0.0599. The van der Waals surface area contributed by atoms with Crippen LogP contribution >= 0.6 is 11.3 Å². The van der Waals surface area contributed by atoms with Gasteiger partial charge in [-0.15, -0.1) is 11.3 Å². The van der Waals surface area contributed by atoms with E-state index in [0.29, 0.717) is 6.54 Å². The molecule has 0 aliphatic heterocycles. The number of hydrogen-bond donors (Lipinski definition) is 2. The third-order valence-corrected chi connectivity index (χ3v) is 4.15. The molecule has 2 N–H and O–H groups in total. The van der Waals surface area contributed by atoms with Gasteiger partial charge in [0.05, 0.1) is 6.54 Å². The molecule has 118 valence electrons. The SMILES string of the molecule is CC(C)NC(=O)N(Cc1ccccc1)CC(O)c1cccs1. The van der Waals surface area contributed by atoms with Crippen molar-refractivity contribution in [2.75, 3.05) is 6.54 Å². The second kappa shape index (κ2) is 7.96. The van der Waals surface area contributed by atoms with E-state index in [9.17, 15) is 9.90 Å². The highest BCUT2D eigenvalue weighted by molar-refractivity contribution is 7.10. The van der Waals surface area contributed by atoms with Crippen molar-refractivity contribution in [3.63, 3.8) is 0 Å². The van der Waals surface area contributed by atoms with Crippen LogP contribution in [0.25, 0.3) is 0 Å². The van der Waals surface area contributed by atoms with E-state index in [1.807, 2.05) is 61.7 Å². The Hall–Kier alpha value is -1.85. The van der Waals surface area contributed by atoms with E-state index in [1.165, 1.54) is 11.3 Å².